The molecule has 0 amide bonds. The molecule has 0 saturated heterocycles. The van der Waals surface area contributed by atoms with Crippen LogP contribution in [-0.2, 0) is 32.7 Å². The Bertz CT molecular complexity index is 992. The van der Waals surface area contributed by atoms with E-state index in [1.54, 1.807) is 0 Å². The first kappa shape index (κ1) is 46.7. The number of ether oxygens (including phenoxy) is 2. The molecule has 0 heterocycles. The van der Waals surface area contributed by atoms with Gasteiger partial charge in [-0.05, 0) is 84.0 Å². The molecular formula is C39H68NO8P. The Hall–Kier alpha value is -2.29. The topological polar surface area (TPSA) is 134 Å². The Morgan fingerprint density at radius 2 is 1.16 bits per heavy atom. The van der Waals surface area contributed by atoms with E-state index >= 15 is 0 Å². The van der Waals surface area contributed by atoms with Crippen LogP contribution in [0.25, 0.3) is 0 Å². The van der Waals surface area contributed by atoms with Crippen molar-refractivity contribution < 1.29 is 37.6 Å². The molecular weight excluding hydrogens is 641 g/mol. The zero-order valence-corrected chi connectivity index (χ0v) is 31.5. The largest absolute Gasteiger partial charge is 0.472 e. The van der Waals surface area contributed by atoms with Crippen molar-refractivity contribution in [1.29, 1.82) is 0 Å². The second-order valence-electron chi connectivity index (χ2n) is 12.1. The third kappa shape index (κ3) is 35.3. The molecule has 0 aromatic carbocycles. The van der Waals surface area contributed by atoms with Gasteiger partial charge in [-0.15, -0.1) is 0 Å². The lowest BCUT2D eigenvalue weighted by molar-refractivity contribution is -0.161. The summed E-state index contributed by atoms with van der Waals surface area (Å²) < 4.78 is 32.6. The summed E-state index contributed by atoms with van der Waals surface area (Å²) in [6.07, 6.45) is 39.7. The number of rotatable bonds is 34. The predicted molar refractivity (Wildman–Crippen MR) is 201 cm³/mol. The first-order valence-electron chi connectivity index (χ1n) is 18.7. The molecule has 0 spiro atoms. The van der Waals surface area contributed by atoms with Gasteiger partial charge >= 0.3 is 19.8 Å². The smallest absolute Gasteiger partial charge is 0.462 e. The second-order valence-corrected chi connectivity index (χ2v) is 13.5. The first-order chi connectivity index (χ1) is 23.8. The molecule has 0 aliphatic rings. The van der Waals surface area contributed by atoms with Crippen LogP contribution in [0.5, 0.6) is 0 Å². The summed E-state index contributed by atoms with van der Waals surface area (Å²) in [6, 6.07) is 0. The van der Waals surface area contributed by atoms with Crippen LogP contribution >= 0.6 is 7.82 Å². The van der Waals surface area contributed by atoms with Crippen molar-refractivity contribution in [3.8, 4) is 0 Å². The summed E-state index contributed by atoms with van der Waals surface area (Å²) in [6.45, 7) is 3.39. The highest BCUT2D eigenvalue weighted by atomic mass is 31.2. The predicted octanol–water partition coefficient (Wildman–Crippen LogP) is 10.2. The molecule has 2 atom stereocenters. The Balaban J connectivity index is 4.29. The summed E-state index contributed by atoms with van der Waals surface area (Å²) in [7, 11) is -4.38. The zero-order chi connectivity index (χ0) is 36.1. The molecule has 0 aliphatic carbocycles. The highest BCUT2D eigenvalue weighted by Gasteiger charge is 2.25. The maximum Gasteiger partial charge on any atom is 0.472 e. The Morgan fingerprint density at radius 1 is 0.653 bits per heavy atom. The molecule has 3 N–H and O–H groups in total. The molecule has 282 valence electrons. The SMILES string of the molecule is C/C=C/CC/C=C\CC/C=C/CCCCCCC(=O)OC[C@H](COP(=O)(O)OCCN)OC(=O)CCCCCCC/C=C/C/C=C/CCC. The van der Waals surface area contributed by atoms with Gasteiger partial charge in [0.2, 0.25) is 0 Å². The van der Waals surface area contributed by atoms with Gasteiger partial charge in [0.05, 0.1) is 13.2 Å². The third-order valence-electron chi connectivity index (χ3n) is 7.41. The number of nitrogens with two attached hydrogens (primary N) is 1. The molecule has 0 fully saturated rings. The lowest BCUT2D eigenvalue weighted by atomic mass is 10.1. The monoisotopic (exact) mass is 709 g/mol. The van der Waals surface area contributed by atoms with Crippen LogP contribution in [0.15, 0.2) is 60.8 Å². The summed E-state index contributed by atoms with van der Waals surface area (Å²) >= 11 is 0. The average molecular weight is 710 g/mol. The van der Waals surface area contributed by atoms with E-state index < -0.39 is 32.5 Å². The Labute approximate surface area is 298 Å². The van der Waals surface area contributed by atoms with Gasteiger partial charge in [0, 0.05) is 19.4 Å². The summed E-state index contributed by atoms with van der Waals surface area (Å²) in [5.74, 6) is -0.876. The van der Waals surface area contributed by atoms with Crippen LogP contribution in [0.1, 0.15) is 142 Å². The zero-order valence-electron chi connectivity index (χ0n) is 30.7. The number of phosphoric acid groups is 1. The van der Waals surface area contributed by atoms with E-state index in [0.29, 0.717) is 12.8 Å². The summed E-state index contributed by atoms with van der Waals surface area (Å²) in [4.78, 5) is 34.7. The van der Waals surface area contributed by atoms with Crippen LogP contribution in [0.3, 0.4) is 0 Å². The number of unbranched alkanes of at least 4 members (excludes halogenated alkanes) is 12. The lowest BCUT2D eigenvalue weighted by Crippen LogP contribution is -2.29. The molecule has 0 aliphatic heterocycles. The molecule has 0 radical (unpaired) electrons. The maximum absolute atomic E-state index is 12.5. The molecule has 0 saturated carbocycles. The van der Waals surface area contributed by atoms with Gasteiger partial charge in [-0.3, -0.25) is 18.6 Å². The van der Waals surface area contributed by atoms with Gasteiger partial charge in [0.25, 0.3) is 0 Å². The van der Waals surface area contributed by atoms with Crippen molar-refractivity contribution in [2.24, 2.45) is 5.73 Å². The number of carbonyl (C=O) groups is 2. The molecule has 9 nitrogen and oxygen atoms in total. The minimum Gasteiger partial charge on any atom is -0.462 e. The maximum atomic E-state index is 12.5. The fraction of sp³-hybridized carbons (Fsp3) is 0.692. The van der Waals surface area contributed by atoms with Gasteiger partial charge in [0.1, 0.15) is 6.61 Å². The minimum absolute atomic E-state index is 0.0453. The number of allylic oxidation sites excluding steroid dienone is 10. The van der Waals surface area contributed by atoms with Crippen molar-refractivity contribution >= 4 is 19.8 Å². The van der Waals surface area contributed by atoms with Crippen LogP contribution in [0.2, 0.25) is 0 Å². The van der Waals surface area contributed by atoms with Crippen molar-refractivity contribution in [1.82, 2.24) is 0 Å². The lowest BCUT2D eigenvalue weighted by Gasteiger charge is -2.19. The number of hydrogen-bond acceptors (Lipinski definition) is 8. The second kappa shape index (κ2) is 35.5. The van der Waals surface area contributed by atoms with Crippen molar-refractivity contribution in [3.05, 3.63) is 60.8 Å². The van der Waals surface area contributed by atoms with Crippen LogP contribution < -0.4 is 5.73 Å². The fourth-order valence-corrected chi connectivity index (χ4v) is 5.41. The Kier molecular flexibility index (Phi) is 33.9. The number of phosphoric ester groups is 1. The summed E-state index contributed by atoms with van der Waals surface area (Å²) in [5, 5.41) is 0. The van der Waals surface area contributed by atoms with Gasteiger partial charge in [-0.25, -0.2) is 4.57 Å². The van der Waals surface area contributed by atoms with Crippen LogP contribution in [-0.4, -0.2) is 49.3 Å². The van der Waals surface area contributed by atoms with Gasteiger partial charge < -0.3 is 20.1 Å². The number of esters is 2. The van der Waals surface area contributed by atoms with E-state index in [0.717, 1.165) is 96.3 Å². The quantitative estimate of drug-likeness (QED) is 0.0290. The van der Waals surface area contributed by atoms with Crippen molar-refractivity contribution in [2.75, 3.05) is 26.4 Å². The van der Waals surface area contributed by atoms with Gasteiger partial charge in [-0.1, -0.05) is 106 Å². The highest BCUT2D eigenvalue weighted by Crippen LogP contribution is 2.43. The fourth-order valence-electron chi connectivity index (χ4n) is 4.64. The number of carbonyl (C=O) groups excluding carboxylic acids is 2. The molecule has 0 aromatic rings. The van der Waals surface area contributed by atoms with Crippen molar-refractivity contribution in [3.63, 3.8) is 0 Å². The van der Waals surface area contributed by atoms with E-state index in [2.05, 4.69) is 67.7 Å². The van der Waals surface area contributed by atoms with E-state index in [9.17, 15) is 19.0 Å². The van der Waals surface area contributed by atoms with E-state index in [4.69, 9.17) is 24.3 Å². The molecule has 49 heavy (non-hydrogen) atoms. The van der Waals surface area contributed by atoms with E-state index in [1.165, 1.54) is 6.42 Å². The van der Waals surface area contributed by atoms with Crippen LogP contribution in [0, 0.1) is 0 Å². The molecule has 0 bridgehead atoms. The molecule has 1 unspecified atom stereocenters. The first-order valence-corrected chi connectivity index (χ1v) is 20.2. The standard InChI is InChI=1S/C39H68NO8P/c1-3-5-7-9-11-13-15-17-18-20-21-23-25-27-29-31-38(41)45-35-37(36-47-49(43,44)46-34-33-40)48-39(42)32-30-28-26-24-22-19-16-14-12-10-8-6-4-2/h3,5,8,10-11,13-14,16,18,20,37H,4,6-7,9,12,15,17,19,21-36,40H2,1-2H3,(H,43,44)/b5-3+,10-8+,13-11-,16-14+,20-18+/t37-/m1/s1. The number of hydrogen-bond donors (Lipinski definition) is 2. The Morgan fingerprint density at radius 3 is 1.76 bits per heavy atom. The average Bonchev–Trinajstić information content (AvgIpc) is 3.08. The normalized spacial score (nSPS) is 14.1. The third-order valence-corrected chi connectivity index (χ3v) is 8.39. The molecule has 0 rings (SSSR count). The molecule has 0 aromatic heterocycles. The van der Waals surface area contributed by atoms with Crippen molar-refractivity contribution in [2.45, 2.75) is 148 Å². The highest BCUT2D eigenvalue weighted by molar-refractivity contribution is 7.47. The van der Waals surface area contributed by atoms with Gasteiger partial charge in [-0.2, -0.15) is 0 Å². The van der Waals surface area contributed by atoms with E-state index in [1.807, 2.05) is 6.92 Å². The molecule has 10 heteroatoms. The summed E-state index contributed by atoms with van der Waals surface area (Å²) in [5.41, 5.74) is 5.33. The van der Waals surface area contributed by atoms with Gasteiger partial charge in [0.15, 0.2) is 6.10 Å². The minimum atomic E-state index is -4.38. The van der Waals surface area contributed by atoms with E-state index in [-0.39, 0.29) is 32.6 Å². The van der Waals surface area contributed by atoms with Crippen LogP contribution in [0.4, 0.5) is 0 Å².